The first-order chi connectivity index (χ1) is 12.4. The van der Waals surface area contributed by atoms with Gasteiger partial charge in [-0.15, -0.1) is 0 Å². The van der Waals surface area contributed by atoms with Gasteiger partial charge in [0.1, 0.15) is 5.82 Å². The van der Waals surface area contributed by atoms with Crippen molar-refractivity contribution >= 4 is 34.9 Å². The van der Waals surface area contributed by atoms with Gasteiger partial charge >= 0.3 is 5.97 Å². The highest BCUT2D eigenvalue weighted by Gasteiger charge is 2.14. The number of ether oxygens (including phenoxy) is 1. The highest BCUT2D eigenvalue weighted by Crippen LogP contribution is 2.26. The number of hydrogen-bond acceptors (Lipinski definition) is 5. The molecule has 1 N–H and O–H groups in total. The van der Waals surface area contributed by atoms with Gasteiger partial charge in [0.15, 0.2) is 6.61 Å². The van der Waals surface area contributed by atoms with E-state index in [0.717, 1.165) is 6.07 Å². The number of anilines is 1. The summed E-state index contributed by atoms with van der Waals surface area (Å²) in [4.78, 5) is 33.6. The number of halogens is 2. The van der Waals surface area contributed by atoms with Crippen molar-refractivity contribution in [3.8, 4) is 0 Å². The van der Waals surface area contributed by atoms with E-state index >= 15 is 0 Å². The largest absolute Gasteiger partial charge is 0.456 e. The van der Waals surface area contributed by atoms with Gasteiger partial charge in [-0.25, -0.2) is 4.39 Å². The van der Waals surface area contributed by atoms with E-state index in [1.54, 1.807) is 18.2 Å². The fourth-order valence-electron chi connectivity index (χ4n) is 2.06. The monoisotopic (exact) mass is 380 g/mol. The second-order valence-corrected chi connectivity index (χ2v) is 5.63. The Hall–Kier alpha value is -3.00. The number of hydrogen-bond donors (Lipinski definition) is 1. The molecular formula is C17H14ClFN2O5. The van der Waals surface area contributed by atoms with Crippen molar-refractivity contribution in [3.63, 3.8) is 0 Å². The van der Waals surface area contributed by atoms with E-state index in [1.165, 1.54) is 18.2 Å². The van der Waals surface area contributed by atoms with Crippen LogP contribution in [0.4, 0.5) is 15.8 Å². The molecule has 0 heterocycles. The van der Waals surface area contributed by atoms with Crippen LogP contribution in [-0.2, 0) is 20.7 Å². The first kappa shape index (κ1) is 19.3. The summed E-state index contributed by atoms with van der Waals surface area (Å²) in [6.07, 6.45) is 0.0512. The molecule has 0 atom stereocenters. The van der Waals surface area contributed by atoms with Crippen LogP contribution in [-0.4, -0.2) is 23.4 Å². The minimum atomic E-state index is -0.702. The molecule has 136 valence electrons. The fourth-order valence-corrected chi connectivity index (χ4v) is 2.23. The molecule has 2 rings (SSSR count). The number of rotatable bonds is 7. The molecule has 0 saturated heterocycles. The van der Waals surface area contributed by atoms with E-state index < -0.39 is 29.2 Å². The summed E-state index contributed by atoms with van der Waals surface area (Å²) < 4.78 is 18.3. The topological polar surface area (TPSA) is 98.5 Å². The SMILES string of the molecule is O=C(COC(=O)CCc1ccccc1F)Nc1cc([N+](=O)[O-])ccc1Cl. The molecule has 1 amide bonds. The molecule has 2 aromatic carbocycles. The normalized spacial score (nSPS) is 10.2. The predicted octanol–water partition coefficient (Wildman–Crippen LogP) is 3.50. The standard InChI is InChI=1S/C17H14ClFN2O5/c18-13-7-6-12(21(24)25)9-15(13)20-16(22)10-26-17(23)8-5-11-3-1-2-4-14(11)19/h1-4,6-7,9H,5,8,10H2,(H,20,22). The van der Waals surface area contributed by atoms with Crippen molar-refractivity contribution in [1.29, 1.82) is 0 Å². The Bertz CT molecular complexity index is 844. The third-order valence-electron chi connectivity index (χ3n) is 3.36. The highest BCUT2D eigenvalue weighted by atomic mass is 35.5. The molecule has 0 aliphatic carbocycles. The second kappa shape index (κ2) is 8.91. The maximum absolute atomic E-state index is 13.4. The van der Waals surface area contributed by atoms with E-state index in [9.17, 15) is 24.1 Å². The average Bonchev–Trinajstić information content (AvgIpc) is 2.61. The second-order valence-electron chi connectivity index (χ2n) is 5.22. The maximum Gasteiger partial charge on any atom is 0.306 e. The highest BCUT2D eigenvalue weighted by molar-refractivity contribution is 6.33. The van der Waals surface area contributed by atoms with Crippen LogP contribution in [0.3, 0.4) is 0 Å². The predicted molar refractivity (Wildman–Crippen MR) is 92.4 cm³/mol. The summed E-state index contributed by atoms with van der Waals surface area (Å²) in [5.41, 5.74) is 0.164. The third kappa shape index (κ3) is 5.52. The summed E-state index contributed by atoms with van der Waals surface area (Å²) in [6.45, 7) is -0.588. The molecule has 2 aromatic rings. The summed E-state index contributed by atoms with van der Waals surface area (Å²) in [7, 11) is 0. The first-order valence-electron chi connectivity index (χ1n) is 7.49. The molecule has 0 spiro atoms. The van der Waals surface area contributed by atoms with Crippen LogP contribution < -0.4 is 5.32 Å². The molecular weight excluding hydrogens is 367 g/mol. The Balaban J connectivity index is 1.83. The summed E-state index contributed by atoms with van der Waals surface area (Å²) in [6, 6.07) is 9.60. The number of carbonyl (C=O) groups is 2. The number of nitrogens with one attached hydrogen (secondary N) is 1. The van der Waals surface area contributed by atoms with Crippen LogP contribution in [0.25, 0.3) is 0 Å². The van der Waals surface area contributed by atoms with Crippen molar-refractivity contribution in [3.05, 3.63) is 69.0 Å². The molecule has 0 fully saturated rings. The smallest absolute Gasteiger partial charge is 0.306 e. The number of carbonyl (C=O) groups excluding carboxylic acids is 2. The zero-order valence-corrected chi connectivity index (χ0v) is 14.2. The molecule has 0 bridgehead atoms. The molecule has 26 heavy (non-hydrogen) atoms. The Labute approximate surface area is 152 Å². The lowest BCUT2D eigenvalue weighted by molar-refractivity contribution is -0.384. The van der Waals surface area contributed by atoms with Crippen LogP contribution >= 0.6 is 11.6 Å². The van der Waals surface area contributed by atoms with Gasteiger partial charge in [0.2, 0.25) is 0 Å². The number of nitro benzene ring substituents is 1. The van der Waals surface area contributed by atoms with Gasteiger partial charge in [-0.3, -0.25) is 19.7 Å². The van der Waals surface area contributed by atoms with Crippen molar-refractivity contribution < 1.29 is 23.6 Å². The average molecular weight is 381 g/mol. The Morgan fingerprint density at radius 3 is 2.65 bits per heavy atom. The fraction of sp³-hybridized carbons (Fsp3) is 0.176. The van der Waals surface area contributed by atoms with Crippen molar-refractivity contribution in [2.45, 2.75) is 12.8 Å². The van der Waals surface area contributed by atoms with E-state index in [2.05, 4.69) is 5.32 Å². The maximum atomic E-state index is 13.4. The molecule has 0 aromatic heterocycles. The van der Waals surface area contributed by atoms with Gasteiger partial charge in [0.05, 0.1) is 15.6 Å². The van der Waals surface area contributed by atoms with Gasteiger partial charge < -0.3 is 10.1 Å². The van der Waals surface area contributed by atoms with E-state index in [1.807, 2.05) is 0 Å². The summed E-state index contributed by atoms with van der Waals surface area (Å²) in [5, 5.41) is 13.2. The van der Waals surface area contributed by atoms with Crippen LogP contribution in [0.15, 0.2) is 42.5 Å². The third-order valence-corrected chi connectivity index (χ3v) is 3.68. The van der Waals surface area contributed by atoms with E-state index in [0.29, 0.717) is 5.56 Å². The lowest BCUT2D eigenvalue weighted by atomic mass is 10.1. The van der Waals surface area contributed by atoms with Gasteiger partial charge in [-0.2, -0.15) is 0 Å². The molecule has 9 heteroatoms. The van der Waals surface area contributed by atoms with E-state index in [4.69, 9.17) is 16.3 Å². The molecule has 0 radical (unpaired) electrons. The summed E-state index contributed by atoms with van der Waals surface area (Å²) >= 11 is 5.86. The minimum Gasteiger partial charge on any atom is -0.456 e. The number of aryl methyl sites for hydroxylation is 1. The minimum absolute atomic E-state index is 0.0354. The number of amides is 1. The lowest BCUT2D eigenvalue weighted by Crippen LogP contribution is -2.21. The van der Waals surface area contributed by atoms with Crippen LogP contribution in [0, 0.1) is 15.9 Å². The number of esters is 1. The molecule has 7 nitrogen and oxygen atoms in total. The number of benzene rings is 2. The van der Waals surface area contributed by atoms with Crippen LogP contribution in [0.2, 0.25) is 5.02 Å². The number of non-ortho nitro benzene ring substituents is 1. The Morgan fingerprint density at radius 2 is 1.96 bits per heavy atom. The molecule has 0 saturated carbocycles. The number of nitro groups is 1. The van der Waals surface area contributed by atoms with Gasteiger partial charge in [-0.1, -0.05) is 29.8 Å². The van der Waals surface area contributed by atoms with Crippen LogP contribution in [0.1, 0.15) is 12.0 Å². The van der Waals surface area contributed by atoms with Gasteiger partial charge in [-0.05, 0) is 24.1 Å². The quantitative estimate of drug-likeness (QED) is 0.450. The zero-order valence-electron chi connectivity index (χ0n) is 13.4. The summed E-state index contributed by atoms with van der Waals surface area (Å²) in [5.74, 6) is -1.79. The molecule has 0 unspecified atom stereocenters. The van der Waals surface area contributed by atoms with Crippen LogP contribution in [0.5, 0.6) is 0 Å². The van der Waals surface area contributed by atoms with Crippen molar-refractivity contribution in [1.82, 2.24) is 0 Å². The Kier molecular flexibility index (Phi) is 6.62. The number of nitrogens with zero attached hydrogens (tertiary/aromatic N) is 1. The Morgan fingerprint density at radius 1 is 1.23 bits per heavy atom. The molecule has 0 aliphatic heterocycles. The van der Waals surface area contributed by atoms with Gasteiger partial charge in [0.25, 0.3) is 11.6 Å². The lowest BCUT2D eigenvalue weighted by Gasteiger charge is -2.08. The van der Waals surface area contributed by atoms with E-state index in [-0.39, 0.29) is 29.2 Å². The van der Waals surface area contributed by atoms with Crippen molar-refractivity contribution in [2.75, 3.05) is 11.9 Å². The van der Waals surface area contributed by atoms with Crippen molar-refractivity contribution in [2.24, 2.45) is 0 Å². The first-order valence-corrected chi connectivity index (χ1v) is 7.87. The van der Waals surface area contributed by atoms with Gasteiger partial charge in [0, 0.05) is 18.6 Å². The molecule has 0 aliphatic rings. The zero-order chi connectivity index (χ0) is 19.1.